The Hall–Kier alpha value is -1.23. The largest absolute Gasteiger partial charge is 0.359 e. The normalized spacial score (nSPS) is 22.9. The average Bonchev–Trinajstić information content (AvgIpc) is 2.37. The minimum atomic E-state index is -0.876. The van der Waals surface area contributed by atoms with E-state index in [1.165, 1.54) is 25.3 Å². The molecular formula is C14H18F2N2S. The average molecular weight is 284 g/mol. The van der Waals surface area contributed by atoms with Gasteiger partial charge >= 0.3 is 0 Å². The van der Waals surface area contributed by atoms with Crippen LogP contribution in [0.15, 0.2) is 18.2 Å². The molecule has 2 rings (SSSR count). The second-order valence-electron chi connectivity index (χ2n) is 5.10. The lowest BCUT2D eigenvalue weighted by Crippen LogP contribution is -2.43. The summed E-state index contributed by atoms with van der Waals surface area (Å²) in [5, 5.41) is 6.61. The summed E-state index contributed by atoms with van der Waals surface area (Å²) in [6, 6.07) is 4.02. The van der Waals surface area contributed by atoms with Crippen molar-refractivity contribution in [1.29, 1.82) is 0 Å². The molecule has 1 aromatic carbocycles. The molecule has 1 fully saturated rings. The number of benzene rings is 1. The summed E-state index contributed by atoms with van der Waals surface area (Å²) in [7, 11) is 0. The third-order valence-corrected chi connectivity index (χ3v) is 3.83. The van der Waals surface area contributed by atoms with Gasteiger partial charge in [0.25, 0.3) is 0 Å². The minimum Gasteiger partial charge on any atom is -0.359 e. The number of thiocarbonyl (C=S) groups is 1. The first-order valence-electron chi connectivity index (χ1n) is 6.59. The molecule has 0 bridgehead atoms. The van der Waals surface area contributed by atoms with Crippen molar-refractivity contribution in [1.82, 2.24) is 5.32 Å². The van der Waals surface area contributed by atoms with Crippen molar-refractivity contribution < 1.29 is 8.78 Å². The van der Waals surface area contributed by atoms with E-state index in [0.717, 1.165) is 18.6 Å². The van der Waals surface area contributed by atoms with E-state index in [-0.39, 0.29) is 0 Å². The van der Waals surface area contributed by atoms with Gasteiger partial charge in [0.1, 0.15) is 0 Å². The van der Waals surface area contributed by atoms with Crippen LogP contribution < -0.4 is 10.6 Å². The smallest absolute Gasteiger partial charge is 0.171 e. The molecule has 2 atom stereocenters. The quantitative estimate of drug-likeness (QED) is 0.807. The Bertz CT molecular complexity index is 465. The first kappa shape index (κ1) is 14.2. The molecular weight excluding hydrogens is 266 g/mol. The number of hydrogen-bond donors (Lipinski definition) is 2. The molecule has 0 saturated heterocycles. The van der Waals surface area contributed by atoms with Crippen LogP contribution in [0.2, 0.25) is 0 Å². The molecule has 0 radical (unpaired) electrons. The van der Waals surface area contributed by atoms with Crippen LogP contribution in [0, 0.1) is 17.6 Å². The molecule has 1 aromatic rings. The van der Waals surface area contributed by atoms with Crippen molar-refractivity contribution in [2.24, 2.45) is 5.92 Å². The van der Waals surface area contributed by atoms with Gasteiger partial charge in [-0.05, 0) is 43.1 Å². The van der Waals surface area contributed by atoms with Gasteiger partial charge in [-0.2, -0.15) is 0 Å². The molecule has 0 aliphatic heterocycles. The first-order chi connectivity index (χ1) is 9.06. The molecule has 104 valence electrons. The number of nitrogens with one attached hydrogen (secondary N) is 2. The summed E-state index contributed by atoms with van der Waals surface area (Å²) in [5.74, 6) is -1.15. The maximum Gasteiger partial charge on any atom is 0.171 e. The maximum absolute atomic E-state index is 13.1. The molecule has 1 aliphatic carbocycles. The molecule has 0 spiro atoms. The van der Waals surface area contributed by atoms with E-state index in [1.807, 2.05) is 0 Å². The van der Waals surface area contributed by atoms with Crippen LogP contribution in [0.5, 0.6) is 0 Å². The Morgan fingerprint density at radius 2 is 1.95 bits per heavy atom. The molecule has 19 heavy (non-hydrogen) atoms. The zero-order chi connectivity index (χ0) is 13.8. The van der Waals surface area contributed by atoms with Crippen molar-refractivity contribution in [2.45, 2.75) is 38.6 Å². The predicted molar refractivity (Wildman–Crippen MR) is 77.1 cm³/mol. The van der Waals surface area contributed by atoms with Gasteiger partial charge < -0.3 is 10.6 Å². The highest BCUT2D eigenvalue weighted by atomic mass is 32.1. The Morgan fingerprint density at radius 1 is 1.21 bits per heavy atom. The number of rotatable bonds is 2. The molecule has 1 aliphatic rings. The number of anilines is 1. The SMILES string of the molecule is C[C@H]1CCCC[C@@H]1NC(=S)Nc1ccc(F)c(F)c1. The van der Waals surface area contributed by atoms with E-state index < -0.39 is 11.6 Å². The highest BCUT2D eigenvalue weighted by Crippen LogP contribution is 2.23. The molecule has 0 aromatic heterocycles. The van der Waals surface area contributed by atoms with E-state index in [2.05, 4.69) is 17.6 Å². The van der Waals surface area contributed by atoms with Crippen LogP contribution in [-0.2, 0) is 0 Å². The standard InChI is InChI=1S/C14H18F2N2S/c1-9-4-2-3-5-13(9)18-14(19)17-10-6-7-11(15)12(16)8-10/h6-9,13H,2-5H2,1H3,(H2,17,18,19)/t9-,13-/m0/s1. The monoisotopic (exact) mass is 284 g/mol. The fraction of sp³-hybridized carbons (Fsp3) is 0.500. The first-order valence-corrected chi connectivity index (χ1v) is 6.99. The Labute approximate surface area is 117 Å². The summed E-state index contributed by atoms with van der Waals surface area (Å²) in [5.41, 5.74) is 0.458. The fourth-order valence-electron chi connectivity index (χ4n) is 2.44. The van der Waals surface area contributed by atoms with Gasteiger partial charge in [0, 0.05) is 17.8 Å². The summed E-state index contributed by atoms with van der Waals surface area (Å²) in [6.07, 6.45) is 4.77. The maximum atomic E-state index is 13.1. The van der Waals surface area contributed by atoms with Crippen molar-refractivity contribution in [3.05, 3.63) is 29.8 Å². The van der Waals surface area contributed by atoms with Crippen LogP contribution in [0.1, 0.15) is 32.6 Å². The second kappa shape index (κ2) is 6.28. The van der Waals surface area contributed by atoms with Crippen LogP contribution in [-0.4, -0.2) is 11.2 Å². The van der Waals surface area contributed by atoms with Crippen LogP contribution in [0.25, 0.3) is 0 Å². The van der Waals surface area contributed by atoms with E-state index in [9.17, 15) is 8.78 Å². The van der Waals surface area contributed by atoms with E-state index in [4.69, 9.17) is 12.2 Å². The Kier molecular flexibility index (Phi) is 4.69. The zero-order valence-electron chi connectivity index (χ0n) is 10.9. The molecule has 2 nitrogen and oxygen atoms in total. The van der Waals surface area contributed by atoms with E-state index in [1.54, 1.807) is 0 Å². The van der Waals surface area contributed by atoms with Crippen molar-refractivity contribution in [2.75, 3.05) is 5.32 Å². The van der Waals surface area contributed by atoms with Gasteiger partial charge in [0.15, 0.2) is 16.7 Å². The zero-order valence-corrected chi connectivity index (χ0v) is 11.7. The van der Waals surface area contributed by atoms with Gasteiger partial charge in [-0.25, -0.2) is 8.78 Å². The summed E-state index contributed by atoms with van der Waals surface area (Å²) in [6.45, 7) is 2.21. The van der Waals surface area contributed by atoms with E-state index >= 15 is 0 Å². The Balaban J connectivity index is 1.91. The highest BCUT2D eigenvalue weighted by molar-refractivity contribution is 7.80. The van der Waals surface area contributed by atoms with Gasteiger partial charge in [-0.1, -0.05) is 19.8 Å². The van der Waals surface area contributed by atoms with Crippen molar-refractivity contribution in [3.8, 4) is 0 Å². The fourth-order valence-corrected chi connectivity index (χ4v) is 2.71. The lowest BCUT2D eigenvalue weighted by Gasteiger charge is -2.30. The minimum absolute atomic E-state index is 0.360. The second-order valence-corrected chi connectivity index (χ2v) is 5.50. The number of hydrogen-bond acceptors (Lipinski definition) is 1. The van der Waals surface area contributed by atoms with Crippen LogP contribution in [0.4, 0.5) is 14.5 Å². The van der Waals surface area contributed by atoms with Gasteiger partial charge in [0.05, 0.1) is 0 Å². The lowest BCUT2D eigenvalue weighted by atomic mass is 9.86. The van der Waals surface area contributed by atoms with Gasteiger partial charge in [-0.15, -0.1) is 0 Å². The summed E-state index contributed by atoms with van der Waals surface area (Å²) < 4.78 is 25.9. The molecule has 0 heterocycles. The van der Waals surface area contributed by atoms with Crippen molar-refractivity contribution >= 4 is 23.0 Å². The van der Waals surface area contributed by atoms with Gasteiger partial charge in [-0.3, -0.25) is 0 Å². The molecule has 0 amide bonds. The predicted octanol–water partition coefficient (Wildman–Crippen LogP) is 3.83. The van der Waals surface area contributed by atoms with Crippen LogP contribution >= 0.6 is 12.2 Å². The lowest BCUT2D eigenvalue weighted by molar-refractivity contribution is 0.309. The van der Waals surface area contributed by atoms with Crippen LogP contribution in [0.3, 0.4) is 0 Å². The molecule has 2 N–H and O–H groups in total. The van der Waals surface area contributed by atoms with Crippen molar-refractivity contribution in [3.63, 3.8) is 0 Å². The number of halogens is 2. The van der Waals surface area contributed by atoms with E-state index in [0.29, 0.717) is 22.8 Å². The molecule has 5 heteroatoms. The summed E-state index contributed by atoms with van der Waals surface area (Å²) in [4.78, 5) is 0. The summed E-state index contributed by atoms with van der Waals surface area (Å²) >= 11 is 5.21. The third-order valence-electron chi connectivity index (χ3n) is 3.61. The Morgan fingerprint density at radius 3 is 2.63 bits per heavy atom. The van der Waals surface area contributed by atoms with Gasteiger partial charge in [0.2, 0.25) is 0 Å². The third kappa shape index (κ3) is 3.86. The topological polar surface area (TPSA) is 24.1 Å². The molecule has 1 saturated carbocycles. The highest BCUT2D eigenvalue weighted by Gasteiger charge is 2.21. The molecule has 0 unspecified atom stereocenters.